The van der Waals surface area contributed by atoms with Crippen LogP contribution in [0.2, 0.25) is 0 Å². The molecule has 2 atom stereocenters. The molecule has 0 aromatic heterocycles. The molecule has 6 heteroatoms. The van der Waals surface area contributed by atoms with Gasteiger partial charge in [0.05, 0.1) is 23.2 Å². The average Bonchev–Trinajstić information content (AvgIpc) is 2.76. The molecular formula is C20H22F2N2O2. The summed E-state index contributed by atoms with van der Waals surface area (Å²) in [5, 5.41) is 13.6. The van der Waals surface area contributed by atoms with Crippen LogP contribution in [-0.2, 0) is 10.2 Å². The van der Waals surface area contributed by atoms with Gasteiger partial charge in [-0.25, -0.2) is 8.78 Å². The topological polar surface area (TPSA) is 52.6 Å². The van der Waals surface area contributed by atoms with Gasteiger partial charge in [-0.3, -0.25) is 4.79 Å². The van der Waals surface area contributed by atoms with Crippen molar-refractivity contribution in [3.63, 3.8) is 0 Å². The zero-order chi connectivity index (χ0) is 19.1. The van der Waals surface area contributed by atoms with Crippen molar-refractivity contribution in [3.05, 3.63) is 65.2 Å². The molecular weight excluding hydrogens is 338 g/mol. The van der Waals surface area contributed by atoms with Crippen molar-refractivity contribution in [1.29, 1.82) is 0 Å². The molecule has 0 saturated carbocycles. The van der Waals surface area contributed by atoms with Crippen LogP contribution in [0.3, 0.4) is 0 Å². The van der Waals surface area contributed by atoms with Gasteiger partial charge < -0.3 is 15.3 Å². The summed E-state index contributed by atoms with van der Waals surface area (Å²) < 4.78 is 27.7. The number of nitrogens with one attached hydrogen (secondary N) is 1. The maximum atomic E-state index is 13.9. The molecule has 4 nitrogen and oxygen atoms in total. The Hall–Kier alpha value is -2.31. The van der Waals surface area contributed by atoms with Crippen LogP contribution in [0.1, 0.15) is 31.0 Å². The molecule has 0 spiro atoms. The predicted molar refractivity (Wildman–Crippen MR) is 96.0 cm³/mol. The first kappa shape index (κ1) is 18.5. The summed E-state index contributed by atoms with van der Waals surface area (Å²) in [6, 6.07) is 9.14. The number of carbonyl (C=O) groups is 1. The molecule has 1 unspecified atom stereocenters. The fourth-order valence-corrected chi connectivity index (χ4v) is 3.59. The zero-order valence-corrected chi connectivity index (χ0v) is 15.0. The van der Waals surface area contributed by atoms with Gasteiger partial charge in [-0.2, -0.15) is 0 Å². The number of hydrogen-bond acceptors (Lipinski definition) is 3. The van der Waals surface area contributed by atoms with E-state index in [0.717, 1.165) is 0 Å². The normalized spacial score (nSPS) is 17.9. The number of nitrogens with zero attached hydrogens (tertiary/aromatic N) is 1. The van der Waals surface area contributed by atoms with Crippen LogP contribution < -0.4 is 10.2 Å². The summed E-state index contributed by atoms with van der Waals surface area (Å²) in [5.41, 5.74) is 0.675. The van der Waals surface area contributed by atoms with Gasteiger partial charge in [-0.1, -0.05) is 18.2 Å². The first-order valence-electron chi connectivity index (χ1n) is 8.49. The van der Waals surface area contributed by atoms with E-state index in [1.165, 1.54) is 35.2 Å². The molecule has 1 heterocycles. The molecule has 1 aliphatic heterocycles. The largest absolute Gasteiger partial charge is 0.389 e. The fourth-order valence-electron chi connectivity index (χ4n) is 3.59. The van der Waals surface area contributed by atoms with Crippen LogP contribution in [0.15, 0.2) is 42.5 Å². The monoisotopic (exact) mass is 360 g/mol. The second-order valence-electron chi connectivity index (χ2n) is 7.09. The fraction of sp³-hybridized carbons (Fsp3) is 0.350. The number of anilines is 1. The number of carbonyl (C=O) groups excluding carboxylic acids is 1. The van der Waals surface area contributed by atoms with Crippen molar-refractivity contribution in [2.45, 2.75) is 31.4 Å². The Bertz CT molecular complexity index is 838. The standard InChI is InChI=1S/C20H22F2N2O2/c1-20(2)15-8-7-14(22)10-16(15)24(19(20)26)18(17(25)11-23-3)12-5-4-6-13(21)9-12/h4-10,17-18,23,25H,11H2,1-3H3/t17-,18?/m1/s1. The minimum Gasteiger partial charge on any atom is -0.389 e. The number of halogens is 2. The smallest absolute Gasteiger partial charge is 0.237 e. The third-order valence-corrected chi connectivity index (χ3v) is 4.89. The molecule has 0 radical (unpaired) electrons. The number of aliphatic hydroxyl groups excluding tert-OH is 1. The third kappa shape index (κ3) is 2.99. The van der Waals surface area contributed by atoms with Crippen molar-refractivity contribution in [2.24, 2.45) is 0 Å². The number of fused-ring (bicyclic) bond motifs is 1. The van der Waals surface area contributed by atoms with Gasteiger partial charge in [0.1, 0.15) is 11.6 Å². The van der Waals surface area contributed by atoms with Crippen LogP contribution in [0.4, 0.5) is 14.5 Å². The first-order valence-corrected chi connectivity index (χ1v) is 8.49. The zero-order valence-electron chi connectivity index (χ0n) is 15.0. The van der Waals surface area contributed by atoms with Crippen LogP contribution in [0.25, 0.3) is 0 Å². The van der Waals surface area contributed by atoms with Crippen molar-refractivity contribution in [1.82, 2.24) is 5.32 Å². The van der Waals surface area contributed by atoms with E-state index < -0.39 is 29.2 Å². The van der Waals surface area contributed by atoms with Gasteiger partial charge >= 0.3 is 0 Å². The second kappa shape index (κ2) is 6.78. The summed E-state index contributed by atoms with van der Waals surface area (Å²) in [7, 11) is 1.68. The summed E-state index contributed by atoms with van der Waals surface area (Å²) in [4.78, 5) is 14.6. The Morgan fingerprint density at radius 1 is 1.15 bits per heavy atom. The third-order valence-electron chi connectivity index (χ3n) is 4.89. The van der Waals surface area contributed by atoms with E-state index in [2.05, 4.69) is 5.32 Å². The highest BCUT2D eigenvalue weighted by Gasteiger charge is 2.48. The predicted octanol–water partition coefficient (Wildman–Crippen LogP) is 2.91. The minimum atomic E-state index is -1.00. The van der Waals surface area contributed by atoms with Crippen LogP contribution >= 0.6 is 0 Å². The molecule has 0 bridgehead atoms. The molecule has 138 valence electrons. The van der Waals surface area contributed by atoms with Crippen molar-refractivity contribution in [2.75, 3.05) is 18.5 Å². The molecule has 0 fully saturated rings. The lowest BCUT2D eigenvalue weighted by Crippen LogP contribution is -2.45. The summed E-state index contributed by atoms with van der Waals surface area (Å²) >= 11 is 0. The van der Waals surface area contributed by atoms with Crippen LogP contribution in [-0.4, -0.2) is 30.7 Å². The molecule has 2 N–H and O–H groups in total. The Kier molecular flexibility index (Phi) is 4.82. The minimum absolute atomic E-state index is 0.191. The van der Waals surface area contributed by atoms with E-state index in [-0.39, 0.29) is 12.5 Å². The highest BCUT2D eigenvalue weighted by atomic mass is 19.1. The van der Waals surface area contributed by atoms with Crippen molar-refractivity contribution in [3.8, 4) is 0 Å². The van der Waals surface area contributed by atoms with Gasteiger partial charge in [0.15, 0.2) is 0 Å². The molecule has 26 heavy (non-hydrogen) atoms. The van der Waals surface area contributed by atoms with E-state index in [1.807, 2.05) is 0 Å². The van der Waals surface area contributed by atoms with Gasteiger partial charge in [-0.15, -0.1) is 0 Å². The molecule has 0 saturated heterocycles. The molecule has 0 aliphatic carbocycles. The first-order chi connectivity index (χ1) is 12.3. The van der Waals surface area contributed by atoms with Crippen molar-refractivity contribution < 1.29 is 18.7 Å². The number of likely N-dealkylation sites (N-methyl/N-ethyl adjacent to an activating group) is 1. The highest BCUT2D eigenvalue weighted by molar-refractivity contribution is 6.08. The number of hydrogen-bond donors (Lipinski definition) is 2. The van der Waals surface area contributed by atoms with E-state index in [0.29, 0.717) is 16.8 Å². The van der Waals surface area contributed by atoms with Gasteiger partial charge in [0, 0.05) is 6.54 Å². The van der Waals surface area contributed by atoms with Crippen LogP contribution in [0, 0.1) is 11.6 Å². The molecule has 2 aromatic rings. The molecule has 1 aliphatic rings. The Morgan fingerprint density at radius 2 is 1.85 bits per heavy atom. The lowest BCUT2D eigenvalue weighted by Gasteiger charge is -2.33. The number of aliphatic hydroxyl groups is 1. The van der Waals surface area contributed by atoms with Crippen LogP contribution in [0.5, 0.6) is 0 Å². The van der Waals surface area contributed by atoms with E-state index >= 15 is 0 Å². The van der Waals surface area contributed by atoms with Gasteiger partial charge in [0.2, 0.25) is 5.91 Å². The Morgan fingerprint density at radius 3 is 2.50 bits per heavy atom. The number of benzene rings is 2. The van der Waals surface area contributed by atoms with Gasteiger partial charge in [0.25, 0.3) is 0 Å². The van der Waals surface area contributed by atoms with Gasteiger partial charge in [-0.05, 0) is 56.3 Å². The summed E-state index contributed by atoms with van der Waals surface area (Å²) in [5.74, 6) is -1.20. The molecule has 3 rings (SSSR count). The highest BCUT2D eigenvalue weighted by Crippen LogP contribution is 2.46. The second-order valence-corrected chi connectivity index (χ2v) is 7.09. The number of amides is 1. The molecule has 2 aromatic carbocycles. The maximum absolute atomic E-state index is 13.9. The Balaban J connectivity index is 2.18. The van der Waals surface area contributed by atoms with E-state index in [4.69, 9.17) is 0 Å². The van der Waals surface area contributed by atoms with E-state index in [9.17, 15) is 18.7 Å². The quantitative estimate of drug-likeness (QED) is 0.862. The van der Waals surface area contributed by atoms with Crippen molar-refractivity contribution >= 4 is 11.6 Å². The molecule has 1 amide bonds. The average molecular weight is 360 g/mol. The maximum Gasteiger partial charge on any atom is 0.237 e. The lowest BCUT2D eigenvalue weighted by molar-refractivity contribution is -0.123. The SMILES string of the molecule is CNC[C@@H](O)C(c1cccc(F)c1)N1C(=O)C(C)(C)c2ccc(F)cc21. The number of rotatable bonds is 5. The Labute approximate surface area is 151 Å². The van der Waals surface area contributed by atoms with E-state index in [1.54, 1.807) is 33.0 Å². The summed E-state index contributed by atoms with van der Waals surface area (Å²) in [6.45, 7) is 3.72. The lowest BCUT2D eigenvalue weighted by atomic mass is 9.86. The summed E-state index contributed by atoms with van der Waals surface area (Å²) in [6.07, 6.45) is -1.00.